The van der Waals surface area contributed by atoms with Crippen molar-refractivity contribution in [2.24, 2.45) is 0 Å². The summed E-state index contributed by atoms with van der Waals surface area (Å²) in [6, 6.07) is 3.22. The van der Waals surface area contributed by atoms with E-state index in [0.29, 0.717) is 12.1 Å². The molecule has 1 aromatic heterocycles. The fourth-order valence-electron chi connectivity index (χ4n) is 2.18. The minimum atomic E-state index is -0.188. The fraction of sp³-hybridized carbons (Fsp3) is 0.500. The van der Waals surface area contributed by atoms with Crippen molar-refractivity contribution in [3.63, 3.8) is 0 Å². The molecule has 0 aromatic carbocycles. The van der Waals surface area contributed by atoms with E-state index >= 15 is 0 Å². The molecule has 1 aliphatic heterocycles. The summed E-state index contributed by atoms with van der Waals surface area (Å²) in [7, 11) is 0. The van der Waals surface area contributed by atoms with E-state index in [1.807, 2.05) is 11.8 Å². The number of H-pyrrole nitrogens is 1. The Morgan fingerprint density at radius 1 is 1.53 bits per heavy atom. The number of amides is 1. The fourth-order valence-corrected chi connectivity index (χ4v) is 2.18. The normalized spacial score (nSPS) is 19.2. The molecule has 1 atom stereocenters. The number of nitrogens with zero attached hydrogens (tertiary/aromatic N) is 1. The summed E-state index contributed by atoms with van der Waals surface area (Å²) in [5, 5.41) is 3.25. The number of carbonyl (C=O) groups excluding carboxylic acids is 1. The van der Waals surface area contributed by atoms with Crippen LogP contribution in [0.2, 0.25) is 0 Å². The van der Waals surface area contributed by atoms with Crippen LogP contribution in [-0.4, -0.2) is 41.5 Å². The first kappa shape index (κ1) is 11.9. The van der Waals surface area contributed by atoms with Gasteiger partial charge in [-0.1, -0.05) is 0 Å². The van der Waals surface area contributed by atoms with Gasteiger partial charge >= 0.3 is 0 Å². The summed E-state index contributed by atoms with van der Waals surface area (Å²) in [5.41, 5.74) is 0.352. The minimum Gasteiger partial charge on any atom is -0.335 e. The first-order valence-electron chi connectivity index (χ1n) is 5.93. The minimum absolute atomic E-state index is 0.0162. The predicted molar refractivity (Wildman–Crippen MR) is 65.0 cm³/mol. The molecule has 0 radical (unpaired) electrons. The second kappa shape index (κ2) is 5.14. The second-order valence-corrected chi connectivity index (χ2v) is 4.18. The highest BCUT2D eigenvalue weighted by molar-refractivity contribution is 5.94. The lowest BCUT2D eigenvalue weighted by Crippen LogP contribution is -2.41. The van der Waals surface area contributed by atoms with Gasteiger partial charge in [-0.3, -0.25) is 9.59 Å². The average Bonchev–Trinajstić information content (AvgIpc) is 2.84. The van der Waals surface area contributed by atoms with E-state index in [1.165, 1.54) is 12.3 Å². The monoisotopic (exact) mass is 235 g/mol. The molecular formula is C12H17N3O2. The number of aromatic nitrogens is 1. The molecule has 2 heterocycles. The Balaban J connectivity index is 2.16. The van der Waals surface area contributed by atoms with Crippen LogP contribution in [0.5, 0.6) is 0 Å². The largest absolute Gasteiger partial charge is 0.335 e. The van der Waals surface area contributed by atoms with Gasteiger partial charge in [0.1, 0.15) is 0 Å². The summed E-state index contributed by atoms with van der Waals surface area (Å²) in [4.78, 5) is 27.6. The van der Waals surface area contributed by atoms with Crippen molar-refractivity contribution in [1.82, 2.24) is 15.2 Å². The quantitative estimate of drug-likeness (QED) is 0.786. The van der Waals surface area contributed by atoms with Crippen molar-refractivity contribution in [3.05, 3.63) is 34.2 Å². The van der Waals surface area contributed by atoms with Crippen LogP contribution < -0.4 is 10.9 Å². The molecule has 2 rings (SSSR count). The van der Waals surface area contributed by atoms with Gasteiger partial charge in [0.15, 0.2) is 0 Å². The van der Waals surface area contributed by atoms with Gasteiger partial charge in [0.2, 0.25) is 5.56 Å². The van der Waals surface area contributed by atoms with E-state index < -0.39 is 0 Å². The highest BCUT2D eigenvalue weighted by atomic mass is 16.2. The summed E-state index contributed by atoms with van der Waals surface area (Å²) in [6.07, 6.45) is 2.47. The van der Waals surface area contributed by atoms with Crippen molar-refractivity contribution in [2.45, 2.75) is 19.4 Å². The molecule has 1 aromatic rings. The molecule has 92 valence electrons. The molecule has 1 fully saturated rings. The molecule has 0 aliphatic carbocycles. The Morgan fingerprint density at radius 3 is 2.88 bits per heavy atom. The Morgan fingerprint density at radius 2 is 2.35 bits per heavy atom. The van der Waals surface area contributed by atoms with Crippen LogP contribution in [0, 0.1) is 0 Å². The van der Waals surface area contributed by atoms with Crippen molar-refractivity contribution in [2.75, 3.05) is 19.6 Å². The third kappa shape index (κ3) is 2.55. The number of likely N-dealkylation sites (N-methyl/N-ethyl adjacent to an activating group) is 1. The van der Waals surface area contributed by atoms with E-state index in [1.54, 1.807) is 6.07 Å². The molecule has 17 heavy (non-hydrogen) atoms. The van der Waals surface area contributed by atoms with Crippen LogP contribution in [0.25, 0.3) is 0 Å². The Hall–Kier alpha value is -1.62. The molecule has 1 amide bonds. The number of nitrogens with one attached hydrogen (secondary N) is 2. The molecule has 5 heteroatoms. The van der Waals surface area contributed by atoms with Gasteiger partial charge in [0, 0.05) is 31.4 Å². The van der Waals surface area contributed by atoms with E-state index in [4.69, 9.17) is 0 Å². The third-order valence-corrected chi connectivity index (χ3v) is 3.11. The SMILES string of the molecule is CCN(C(=O)c1ccc(=O)[nH]c1)C1CCNC1. The highest BCUT2D eigenvalue weighted by Crippen LogP contribution is 2.12. The second-order valence-electron chi connectivity index (χ2n) is 4.18. The van der Waals surface area contributed by atoms with Crippen LogP contribution in [0.3, 0.4) is 0 Å². The van der Waals surface area contributed by atoms with Crippen LogP contribution >= 0.6 is 0 Å². The molecular weight excluding hydrogens is 218 g/mol. The number of hydrogen-bond acceptors (Lipinski definition) is 3. The van der Waals surface area contributed by atoms with Gasteiger partial charge in [0.05, 0.1) is 5.56 Å². The zero-order valence-electron chi connectivity index (χ0n) is 9.90. The first-order chi connectivity index (χ1) is 8.22. The maximum atomic E-state index is 12.3. The van der Waals surface area contributed by atoms with E-state index in [2.05, 4.69) is 10.3 Å². The summed E-state index contributed by atoms with van der Waals surface area (Å²) in [6.45, 7) is 4.47. The number of pyridine rings is 1. The zero-order chi connectivity index (χ0) is 12.3. The van der Waals surface area contributed by atoms with E-state index in [9.17, 15) is 9.59 Å². The summed E-state index contributed by atoms with van der Waals surface area (Å²) in [5.74, 6) is -0.0162. The molecule has 5 nitrogen and oxygen atoms in total. The maximum absolute atomic E-state index is 12.3. The van der Waals surface area contributed by atoms with Gasteiger partial charge in [-0.2, -0.15) is 0 Å². The summed E-state index contributed by atoms with van der Waals surface area (Å²) < 4.78 is 0. The van der Waals surface area contributed by atoms with Crippen molar-refractivity contribution < 1.29 is 4.79 Å². The molecule has 0 saturated carbocycles. The van der Waals surface area contributed by atoms with Crippen LogP contribution in [0.15, 0.2) is 23.1 Å². The Bertz CT molecular complexity index is 429. The molecule has 2 N–H and O–H groups in total. The van der Waals surface area contributed by atoms with Gasteiger partial charge in [-0.05, 0) is 26.0 Å². The van der Waals surface area contributed by atoms with Crippen molar-refractivity contribution in [3.8, 4) is 0 Å². The Labute approximate surface area is 99.8 Å². The lowest BCUT2D eigenvalue weighted by Gasteiger charge is -2.27. The third-order valence-electron chi connectivity index (χ3n) is 3.11. The van der Waals surface area contributed by atoms with Gasteiger partial charge in [0.25, 0.3) is 5.91 Å². The number of aromatic amines is 1. The predicted octanol–water partition coefficient (Wildman–Crippen LogP) is 0.199. The van der Waals surface area contributed by atoms with Crippen LogP contribution in [-0.2, 0) is 0 Å². The summed E-state index contributed by atoms with van der Waals surface area (Å²) >= 11 is 0. The highest BCUT2D eigenvalue weighted by Gasteiger charge is 2.25. The van der Waals surface area contributed by atoms with Gasteiger partial charge in [-0.15, -0.1) is 0 Å². The van der Waals surface area contributed by atoms with E-state index in [0.717, 1.165) is 19.5 Å². The lowest BCUT2D eigenvalue weighted by molar-refractivity contribution is 0.0703. The zero-order valence-corrected chi connectivity index (χ0v) is 9.90. The molecule has 1 aliphatic rings. The van der Waals surface area contributed by atoms with Crippen LogP contribution in [0.1, 0.15) is 23.7 Å². The number of rotatable bonds is 3. The first-order valence-corrected chi connectivity index (χ1v) is 5.93. The molecule has 0 spiro atoms. The average molecular weight is 235 g/mol. The molecule has 1 saturated heterocycles. The van der Waals surface area contributed by atoms with Crippen LogP contribution in [0.4, 0.5) is 0 Å². The lowest BCUT2D eigenvalue weighted by atomic mass is 10.1. The smallest absolute Gasteiger partial charge is 0.255 e. The van der Waals surface area contributed by atoms with Crippen molar-refractivity contribution in [1.29, 1.82) is 0 Å². The molecule has 1 unspecified atom stereocenters. The standard InChI is InChI=1S/C12H17N3O2/c1-2-15(10-5-6-13-8-10)12(17)9-3-4-11(16)14-7-9/h3-4,7,10,13H,2,5-6,8H2,1H3,(H,14,16). The maximum Gasteiger partial charge on any atom is 0.255 e. The Kier molecular flexibility index (Phi) is 3.58. The number of hydrogen-bond donors (Lipinski definition) is 2. The molecule has 0 bridgehead atoms. The van der Waals surface area contributed by atoms with E-state index in [-0.39, 0.29) is 17.5 Å². The van der Waals surface area contributed by atoms with Gasteiger partial charge in [-0.25, -0.2) is 0 Å². The topological polar surface area (TPSA) is 65.2 Å². The van der Waals surface area contributed by atoms with Crippen molar-refractivity contribution >= 4 is 5.91 Å². The van der Waals surface area contributed by atoms with Gasteiger partial charge < -0.3 is 15.2 Å². The number of carbonyl (C=O) groups is 1.